The van der Waals surface area contributed by atoms with Crippen LogP contribution in [0.4, 0.5) is 11.6 Å². The van der Waals surface area contributed by atoms with Gasteiger partial charge in [-0.3, -0.25) is 0 Å². The molecular weight excluding hydrogens is 336 g/mol. The molecule has 0 radical (unpaired) electrons. The SMILES string of the molecule is Cc1nc(NCC2CCCO2)cc(N2CCC(Cc3ccccc3)CC2)n1. The minimum atomic E-state index is 0.317. The third-order valence-electron chi connectivity index (χ3n) is 5.66. The number of aryl methyl sites for hydroxylation is 1. The lowest BCUT2D eigenvalue weighted by Gasteiger charge is -2.33. The van der Waals surface area contributed by atoms with Gasteiger partial charge in [0.05, 0.1) is 6.10 Å². The standard InChI is InChI=1S/C22H30N4O/c1-17-24-21(23-16-20-8-5-13-27-20)15-22(25-17)26-11-9-19(10-12-26)14-18-6-3-2-4-7-18/h2-4,6-7,15,19-20H,5,8-14,16H2,1H3,(H,23,24,25). The fraction of sp³-hybridized carbons (Fsp3) is 0.545. The average Bonchev–Trinajstić information content (AvgIpc) is 3.21. The van der Waals surface area contributed by atoms with Crippen LogP contribution in [0, 0.1) is 12.8 Å². The van der Waals surface area contributed by atoms with Gasteiger partial charge in [-0.2, -0.15) is 0 Å². The van der Waals surface area contributed by atoms with E-state index < -0.39 is 0 Å². The molecule has 27 heavy (non-hydrogen) atoms. The Hall–Kier alpha value is -2.14. The van der Waals surface area contributed by atoms with Crippen LogP contribution >= 0.6 is 0 Å². The summed E-state index contributed by atoms with van der Waals surface area (Å²) in [7, 11) is 0. The van der Waals surface area contributed by atoms with Gasteiger partial charge in [-0.05, 0) is 50.5 Å². The number of ether oxygens (including phenoxy) is 1. The first-order chi connectivity index (χ1) is 13.3. The fourth-order valence-electron chi connectivity index (χ4n) is 4.14. The van der Waals surface area contributed by atoms with Crippen molar-refractivity contribution in [1.29, 1.82) is 0 Å². The van der Waals surface area contributed by atoms with Crippen molar-refractivity contribution >= 4 is 11.6 Å². The maximum Gasteiger partial charge on any atom is 0.134 e. The fourth-order valence-corrected chi connectivity index (χ4v) is 4.14. The third kappa shape index (κ3) is 4.98. The van der Waals surface area contributed by atoms with Crippen molar-refractivity contribution in [3.8, 4) is 0 Å². The quantitative estimate of drug-likeness (QED) is 0.842. The number of piperidine rings is 1. The molecule has 3 heterocycles. The first-order valence-corrected chi connectivity index (χ1v) is 10.3. The van der Waals surface area contributed by atoms with Gasteiger partial charge < -0.3 is 15.0 Å². The molecule has 1 aromatic heterocycles. The van der Waals surface area contributed by atoms with Crippen molar-refractivity contribution in [2.45, 2.75) is 45.1 Å². The second-order valence-electron chi connectivity index (χ2n) is 7.79. The maximum atomic E-state index is 5.70. The van der Waals surface area contributed by atoms with Gasteiger partial charge in [0, 0.05) is 32.3 Å². The highest BCUT2D eigenvalue weighted by Crippen LogP contribution is 2.26. The molecule has 0 spiro atoms. The van der Waals surface area contributed by atoms with Gasteiger partial charge in [-0.25, -0.2) is 9.97 Å². The number of hydrogen-bond donors (Lipinski definition) is 1. The molecule has 0 amide bonds. The van der Waals surface area contributed by atoms with E-state index in [1.54, 1.807) is 0 Å². The molecule has 4 rings (SSSR count). The first kappa shape index (κ1) is 18.2. The summed E-state index contributed by atoms with van der Waals surface area (Å²) in [5, 5.41) is 3.45. The van der Waals surface area contributed by atoms with Crippen LogP contribution in [-0.4, -0.2) is 42.3 Å². The number of hydrogen-bond acceptors (Lipinski definition) is 5. The molecule has 1 atom stereocenters. The summed E-state index contributed by atoms with van der Waals surface area (Å²) in [6, 6.07) is 12.9. The lowest BCUT2D eigenvalue weighted by Crippen LogP contribution is -2.35. The summed E-state index contributed by atoms with van der Waals surface area (Å²) in [5.41, 5.74) is 1.45. The van der Waals surface area contributed by atoms with Gasteiger partial charge in [0.1, 0.15) is 17.5 Å². The molecule has 1 unspecified atom stereocenters. The van der Waals surface area contributed by atoms with Crippen molar-refractivity contribution in [2.75, 3.05) is 36.5 Å². The van der Waals surface area contributed by atoms with E-state index in [1.807, 2.05) is 6.92 Å². The van der Waals surface area contributed by atoms with Crippen molar-refractivity contribution in [3.63, 3.8) is 0 Å². The Bertz CT molecular complexity index is 722. The zero-order valence-corrected chi connectivity index (χ0v) is 16.2. The molecule has 1 aromatic carbocycles. The normalized spacial score (nSPS) is 20.8. The number of aromatic nitrogens is 2. The number of nitrogens with zero attached hydrogens (tertiary/aromatic N) is 3. The number of nitrogens with one attached hydrogen (secondary N) is 1. The van der Waals surface area contributed by atoms with Crippen molar-refractivity contribution < 1.29 is 4.74 Å². The van der Waals surface area contributed by atoms with Crippen LogP contribution in [0.3, 0.4) is 0 Å². The number of anilines is 2. The Kier molecular flexibility index (Phi) is 5.87. The van der Waals surface area contributed by atoms with Crippen LogP contribution in [0.25, 0.3) is 0 Å². The predicted molar refractivity (Wildman–Crippen MR) is 109 cm³/mol. The van der Waals surface area contributed by atoms with E-state index in [-0.39, 0.29) is 0 Å². The summed E-state index contributed by atoms with van der Waals surface area (Å²) in [4.78, 5) is 11.7. The summed E-state index contributed by atoms with van der Waals surface area (Å²) < 4.78 is 5.70. The Morgan fingerprint density at radius 2 is 1.93 bits per heavy atom. The zero-order valence-electron chi connectivity index (χ0n) is 16.2. The molecule has 2 aliphatic heterocycles. The Labute approximate surface area is 162 Å². The summed E-state index contributed by atoms with van der Waals surface area (Å²) in [5.74, 6) is 3.56. The minimum Gasteiger partial charge on any atom is -0.376 e. The van der Waals surface area contributed by atoms with E-state index in [4.69, 9.17) is 4.74 Å². The van der Waals surface area contributed by atoms with E-state index in [1.165, 1.54) is 31.2 Å². The molecule has 5 nitrogen and oxygen atoms in total. The summed E-state index contributed by atoms with van der Waals surface area (Å²) >= 11 is 0. The Morgan fingerprint density at radius 3 is 2.67 bits per heavy atom. The predicted octanol–water partition coefficient (Wildman–Crippen LogP) is 3.84. The van der Waals surface area contributed by atoms with Gasteiger partial charge in [-0.1, -0.05) is 30.3 Å². The molecule has 2 aliphatic rings. The molecule has 2 aromatic rings. The maximum absolute atomic E-state index is 5.70. The molecule has 144 valence electrons. The van der Waals surface area contributed by atoms with Crippen LogP contribution in [-0.2, 0) is 11.2 Å². The Balaban J connectivity index is 1.33. The largest absolute Gasteiger partial charge is 0.376 e. The second kappa shape index (κ2) is 8.70. The van der Waals surface area contributed by atoms with Crippen molar-refractivity contribution in [2.24, 2.45) is 5.92 Å². The van der Waals surface area contributed by atoms with Crippen LogP contribution < -0.4 is 10.2 Å². The number of benzene rings is 1. The van der Waals surface area contributed by atoms with E-state index in [0.717, 1.165) is 56.0 Å². The highest BCUT2D eigenvalue weighted by atomic mass is 16.5. The molecule has 0 bridgehead atoms. The van der Waals surface area contributed by atoms with E-state index >= 15 is 0 Å². The van der Waals surface area contributed by atoms with Gasteiger partial charge in [0.25, 0.3) is 0 Å². The highest BCUT2D eigenvalue weighted by Gasteiger charge is 2.21. The Morgan fingerprint density at radius 1 is 1.11 bits per heavy atom. The molecular formula is C22H30N4O. The van der Waals surface area contributed by atoms with Gasteiger partial charge >= 0.3 is 0 Å². The zero-order chi connectivity index (χ0) is 18.5. The van der Waals surface area contributed by atoms with E-state index in [9.17, 15) is 0 Å². The van der Waals surface area contributed by atoms with Crippen LogP contribution in [0.5, 0.6) is 0 Å². The third-order valence-corrected chi connectivity index (χ3v) is 5.66. The molecule has 2 fully saturated rings. The van der Waals surface area contributed by atoms with Gasteiger partial charge in [0.2, 0.25) is 0 Å². The van der Waals surface area contributed by atoms with Crippen LogP contribution in [0.15, 0.2) is 36.4 Å². The molecule has 5 heteroatoms. The highest BCUT2D eigenvalue weighted by molar-refractivity contribution is 5.49. The lowest BCUT2D eigenvalue weighted by molar-refractivity contribution is 0.120. The second-order valence-corrected chi connectivity index (χ2v) is 7.79. The smallest absolute Gasteiger partial charge is 0.134 e. The topological polar surface area (TPSA) is 50.3 Å². The van der Waals surface area contributed by atoms with Crippen molar-refractivity contribution in [3.05, 3.63) is 47.8 Å². The van der Waals surface area contributed by atoms with Crippen LogP contribution in [0.2, 0.25) is 0 Å². The average molecular weight is 367 g/mol. The first-order valence-electron chi connectivity index (χ1n) is 10.3. The van der Waals surface area contributed by atoms with Gasteiger partial charge in [-0.15, -0.1) is 0 Å². The monoisotopic (exact) mass is 366 g/mol. The van der Waals surface area contributed by atoms with E-state index in [2.05, 4.69) is 56.6 Å². The summed E-state index contributed by atoms with van der Waals surface area (Å²) in [6.45, 7) is 5.83. The van der Waals surface area contributed by atoms with Gasteiger partial charge in [0.15, 0.2) is 0 Å². The molecule has 2 saturated heterocycles. The molecule has 1 N–H and O–H groups in total. The van der Waals surface area contributed by atoms with Crippen LogP contribution in [0.1, 0.15) is 37.1 Å². The number of rotatable bonds is 6. The van der Waals surface area contributed by atoms with E-state index in [0.29, 0.717) is 6.10 Å². The molecule has 0 aliphatic carbocycles. The lowest BCUT2D eigenvalue weighted by atomic mass is 9.90. The summed E-state index contributed by atoms with van der Waals surface area (Å²) in [6.07, 6.45) is 6.24. The molecule has 0 saturated carbocycles. The minimum absolute atomic E-state index is 0.317. The van der Waals surface area contributed by atoms with Crippen molar-refractivity contribution in [1.82, 2.24) is 9.97 Å².